The number of sulfonamides is 1. The van der Waals surface area contributed by atoms with Gasteiger partial charge in [0.1, 0.15) is 29.9 Å². The van der Waals surface area contributed by atoms with Crippen LogP contribution in [0.2, 0.25) is 0 Å². The van der Waals surface area contributed by atoms with Gasteiger partial charge >= 0.3 is 0 Å². The van der Waals surface area contributed by atoms with E-state index in [1.807, 2.05) is 11.0 Å². The molecule has 0 saturated carbocycles. The van der Waals surface area contributed by atoms with E-state index in [1.165, 1.54) is 16.4 Å². The number of aromatic nitrogens is 2. The highest BCUT2D eigenvalue weighted by molar-refractivity contribution is 7.89. The Morgan fingerprint density at radius 2 is 1.79 bits per heavy atom. The third-order valence-corrected chi connectivity index (χ3v) is 9.05. The van der Waals surface area contributed by atoms with Crippen LogP contribution in [0.5, 0.6) is 5.75 Å². The molecule has 4 heterocycles. The molecule has 3 aliphatic heterocycles. The van der Waals surface area contributed by atoms with E-state index in [9.17, 15) is 12.8 Å². The standard InChI is InChI=1S/C27H27FN6O4S/c1-37-21-6-8-22(9-7-21)39(35,36)33-14-11-20(12-15-33)30-26-29-13-10-23(31-26)25-24(18-2-4-19(28)5-3-18)32-27-34(25)16-17-38-27/h2-10,13,16-17,20,24-25H,11-12,14-15H2,1H3,(H,29,30,31). The summed E-state index contributed by atoms with van der Waals surface area (Å²) >= 11 is 0. The van der Waals surface area contributed by atoms with Crippen LogP contribution >= 0.6 is 0 Å². The number of amidine groups is 1. The lowest BCUT2D eigenvalue weighted by molar-refractivity contribution is 0.328. The average molecular weight is 551 g/mol. The minimum absolute atomic E-state index is 0.0147. The number of ether oxygens (including phenoxy) is 2. The van der Waals surface area contributed by atoms with Crippen molar-refractivity contribution in [2.45, 2.75) is 35.9 Å². The van der Waals surface area contributed by atoms with Gasteiger partial charge in [0, 0.05) is 31.5 Å². The molecule has 6 rings (SSSR count). The summed E-state index contributed by atoms with van der Waals surface area (Å²) in [6.07, 6.45) is 6.29. The molecule has 0 spiro atoms. The second-order valence-electron chi connectivity index (χ2n) is 9.47. The quantitative estimate of drug-likeness (QED) is 0.473. The first-order valence-corrected chi connectivity index (χ1v) is 14.0. The Balaban J connectivity index is 1.15. The topological polar surface area (TPSA) is 109 Å². The molecule has 1 aromatic heterocycles. The minimum atomic E-state index is -3.59. The summed E-state index contributed by atoms with van der Waals surface area (Å²) in [7, 11) is -2.04. The zero-order chi connectivity index (χ0) is 27.0. The Morgan fingerprint density at radius 3 is 2.51 bits per heavy atom. The van der Waals surface area contributed by atoms with Crippen molar-refractivity contribution in [3.8, 4) is 5.75 Å². The molecule has 2 atom stereocenters. The van der Waals surface area contributed by atoms with Gasteiger partial charge in [-0.2, -0.15) is 4.31 Å². The van der Waals surface area contributed by atoms with Crippen molar-refractivity contribution < 1.29 is 22.3 Å². The molecule has 0 amide bonds. The first kappa shape index (κ1) is 25.3. The van der Waals surface area contributed by atoms with Crippen LogP contribution in [0.25, 0.3) is 0 Å². The predicted molar refractivity (Wildman–Crippen MR) is 142 cm³/mol. The number of anilines is 1. The smallest absolute Gasteiger partial charge is 0.298 e. The zero-order valence-corrected chi connectivity index (χ0v) is 22.0. The second kappa shape index (κ2) is 10.3. The molecule has 2 aromatic carbocycles. The van der Waals surface area contributed by atoms with Crippen molar-refractivity contribution in [1.29, 1.82) is 0 Å². The van der Waals surface area contributed by atoms with E-state index in [1.54, 1.807) is 62.2 Å². The van der Waals surface area contributed by atoms with Gasteiger partial charge in [-0.1, -0.05) is 12.1 Å². The summed E-state index contributed by atoms with van der Waals surface area (Å²) in [6.45, 7) is 0.766. The fourth-order valence-electron chi connectivity index (χ4n) is 5.08. The molecule has 10 nitrogen and oxygen atoms in total. The van der Waals surface area contributed by atoms with E-state index < -0.39 is 10.0 Å². The van der Waals surface area contributed by atoms with E-state index in [0.29, 0.717) is 43.7 Å². The Bertz CT molecular complexity index is 1510. The van der Waals surface area contributed by atoms with Crippen molar-refractivity contribution in [2.75, 3.05) is 25.5 Å². The monoisotopic (exact) mass is 550 g/mol. The van der Waals surface area contributed by atoms with Gasteiger partial charge in [-0.15, -0.1) is 0 Å². The number of benzene rings is 2. The third-order valence-electron chi connectivity index (χ3n) is 7.14. The highest BCUT2D eigenvalue weighted by Gasteiger charge is 2.41. The number of piperidine rings is 1. The lowest BCUT2D eigenvalue weighted by Crippen LogP contribution is -2.42. The summed E-state index contributed by atoms with van der Waals surface area (Å²) in [6, 6.07) is 14.4. The van der Waals surface area contributed by atoms with Gasteiger partial charge in [-0.3, -0.25) is 4.90 Å². The number of fused-ring (bicyclic) bond motifs is 1. The SMILES string of the molecule is COc1ccc(S(=O)(=O)N2CCC(Nc3nccc(C4C(c5ccc(F)cc5)N=C5OC=CN54)n3)CC2)cc1. The lowest BCUT2D eigenvalue weighted by Gasteiger charge is -2.31. The normalized spacial score (nSPS) is 21.4. The van der Waals surface area contributed by atoms with E-state index in [4.69, 9.17) is 19.5 Å². The van der Waals surface area contributed by atoms with Gasteiger partial charge < -0.3 is 14.8 Å². The number of methoxy groups -OCH3 is 1. The second-order valence-corrected chi connectivity index (χ2v) is 11.4. The summed E-state index contributed by atoms with van der Waals surface area (Å²) < 4.78 is 51.9. The summed E-state index contributed by atoms with van der Waals surface area (Å²) in [5, 5.41) is 3.38. The number of hydrogen-bond acceptors (Lipinski definition) is 9. The van der Waals surface area contributed by atoms with Gasteiger partial charge in [0.25, 0.3) is 6.02 Å². The van der Waals surface area contributed by atoms with Crippen molar-refractivity contribution in [3.63, 3.8) is 0 Å². The van der Waals surface area contributed by atoms with Gasteiger partial charge in [0.2, 0.25) is 16.0 Å². The molecule has 3 aromatic rings. The minimum Gasteiger partial charge on any atom is -0.497 e. The molecule has 0 radical (unpaired) electrons. The van der Waals surface area contributed by atoms with E-state index in [2.05, 4.69) is 10.3 Å². The van der Waals surface area contributed by atoms with Crippen molar-refractivity contribution in [1.82, 2.24) is 19.2 Å². The van der Waals surface area contributed by atoms with Crippen LogP contribution in [0, 0.1) is 5.82 Å². The first-order chi connectivity index (χ1) is 18.9. The zero-order valence-electron chi connectivity index (χ0n) is 21.1. The average Bonchev–Trinajstić information content (AvgIpc) is 3.56. The first-order valence-electron chi connectivity index (χ1n) is 12.6. The summed E-state index contributed by atoms with van der Waals surface area (Å²) in [4.78, 5) is 16.1. The third kappa shape index (κ3) is 4.92. The van der Waals surface area contributed by atoms with Gasteiger partial charge in [0.05, 0.1) is 17.7 Å². The molecule has 0 aliphatic carbocycles. The summed E-state index contributed by atoms with van der Waals surface area (Å²) in [5.74, 6) is 0.755. The fraction of sp³-hybridized carbons (Fsp3) is 0.296. The van der Waals surface area contributed by atoms with Crippen LogP contribution in [0.1, 0.15) is 36.2 Å². The Labute approximate surface area is 225 Å². The number of nitrogens with one attached hydrogen (secondary N) is 1. The molecule has 12 heteroatoms. The van der Waals surface area contributed by atoms with E-state index >= 15 is 0 Å². The number of aliphatic imine (C=N–C) groups is 1. The molecule has 1 N–H and O–H groups in total. The molecule has 1 saturated heterocycles. The highest BCUT2D eigenvalue weighted by Crippen LogP contribution is 2.43. The van der Waals surface area contributed by atoms with Crippen molar-refractivity contribution in [3.05, 3.63) is 90.3 Å². The molecule has 3 aliphatic rings. The van der Waals surface area contributed by atoms with E-state index in [0.717, 1.165) is 11.3 Å². The Hall–Kier alpha value is -4.03. The molecule has 39 heavy (non-hydrogen) atoms. The molecular weight excluding hydrogens is 523 g/mol. The maximum Gasteiger partial charge on any atom is 0.298 e. The van der Waals surface area contributed by atoms with Crippen LogP contribution in [0.3, 0.4) is 0 Å². The maximum absolute atomic E-state index is 13.6. The molecule has 1 fully saturated rings. The lowest BCUT2D eigenvalue weighted by atomic mass is 9.97. The Morgan fingerprint density at radius 1 is 1.05 bits per heavy atom. The largest absolute Gasteiger partial charge is 0.497 e. The van der Waals surface area contributed by atoms with Crippen molar-refractivity contribution in [2.24, 2.45) is 4.99 Å². The molecule has 0 bridgehead atoms. The van der Waals surface area contributed by atoms with Crippen LogP contribution < -0.4 is 10.1 Å². The van der Waals surface area contributed by atoms with Crippen LogP contribution in [-0.2, 0) is 14.8 Å². The summed E-state index contributed by atoms with van der Waals surface area (Å²) in [5.41, 5.74) is 1.58. The molecule has 202 valence electrons. The molecular formula is C27H27FN6O4S. The van der Waals surface area contributed by atoms with Crippen LogP contribution in [0.15, 0.2) is 83.1 Å². The highest BCUT2D eigenvalue weighted by atomic mass is 32.2. The number of rotatable bonds is 7. The number of nitrogens with zero attached hydrogens (tertiary/aromatic N) is 5. The van der Waals surface area contributed by atoms with Gasteiger partial charge in [-0.25, -0.2) is 27.8 Å². The fourth-order valence-corrected chi connectivity index (χ4v) is 6.55. The van der Waals surface area contributed by atoms with Crippen molar-refractivity contribution >= 4 is 22.0 Å². The number of hydrogen-bond donors (Lipinski definition) is 1. The molecule has 2 unspecified atom stereocenters. The van der Waals surface area contributed by atoms with E-state index in [-0.39, 0.29) is 28.8 Å². The van der Waals surface area contributed by atoms with Gasteiger partial charge in [-0.05, 0) is 60.9 Å². The van der Waals surface area contributed by atoms with Gasteiger partial charge in [0.15, 0.2) is 0 Å². The van der Waals surface area contributed by atoms with Crippen LogP contribution in [-0.4, -0.2) is 59.9 Å². The maximum atomic E-state index is 13.6. The number of halogens is 1. The Kier molecular flexibility index (Phi) is 6.65. The predicted octanol–water partition coefficient (Wildman–Crippen LogP) is 3.84. The van der Waals surface area contributed by atoms with Crippen LogP contribution in [0.4, 0.5) is 10.3 Å².